The predicted octanol–water partition coefficient (Wildman–Crippen LogP) is 3.75. The molecule has 0 N–H and O–H groups in total. The average Bonchev–Trinajstić information content (AvgIpc) is 2.78. The molecule has 1 aliphatic rings. The van der Waals surface area contributed by atoms with E-state index < -0.39 is 0 Å². The van der Waals surface area contributed by atoms with Gasteiger partial charge in [-0.15, -0.1) is 0 Å². The van der Waals surface area contributed by atoms with Gasteiger partial charge < -0.3 is 19.3 Å². The van der Waals surface area contributed by atoms with Crippen LogP contribution in [-0.4, -0.2) is 61.0 Å². The minimum atomic E-state index is -0.0736. The summed E-state index contributed by atoms with van der Waals surface area (Å²) in [4.78, 5) is 28.9. The van der Waals surface area contributed by atoms with E-state index in [-0.39, 0.29) is 23.8 Å². The molecular weight excluding hydrogens is 392 g/mol. The number of carbonyl (C=O) groups is 2. The fraction of sp³-hybridized carbons (Fsp3) is 0.440. The lowest BCUT2D eigenvalue weighted by Gasteiger charge is -2.34. The second-order valence-electron chi connectivity index (χ2n) is 8.69. The summed E-state index contributed by atoms with van der Waals surface area (Å²) in [5.74, 6) is 1.34. The van der Waals surface area contributed by atoms with E-state index in [1.54, 1.807) is 17.0 Å². The summed E-state index contributed by atoms with van der Waals surface area (Å²) >= 11 is 0. The summed E-state index contributed by atoms with van der Waals surface area (Å²) in [6, 6.07) is 15.1. The number of nitrogens with zero attached hydrogens (tertiary/aromatic N) is 2. The molecular formula is C25H32N2O4. The lowest BCUT2D eigenvalue weighted by Crippen LogP contribution is -2.51. The Kier molecular flexibility index (Phi) is 7.21. The maximum atomic E-state index is 12.8. The monoisotopic (exact) mass is 424 g/mol. The number of benzene rings is 2. The Morgan fingerprint density at radius 3 is 1.84 bits per heavy atom. The molecule has 0 spiro atoms. The highest BCUT2D eigenvalue weighted by Crippen LogP contribution is 2.23. The Hall–Kier alpha value is -3.02. The van der Waals surface area contributed by atoms with Crippen LogP contribution >= 0.6 is 0 Å². The van der Waals surface area contributed by atoms with Crippen molar-refractivity contribution in [3.63, 3.8) is 0 Å². The number of hydrogen-bond acceptors (Lipinski definition) is 4. The first kappa shape index (κ1) is 22.7. The van der Waals surface area contributed by atoms with Crippen LogP contribution in [-0.2, 0) is 10.2 Å². The molecule has 0 aromatic heterocycles. The van der Waals surface area contributed by atoms with Crippen LogP contribution in [0.2, 0.25) is 0 Å². The minimum absolute atomic E-state index is 0.0122. The lowest BCUT2D eigenvalue weighted by molar-refractivity contribution is -0.134. The number of amides is 2. The van der Waals surface area contributed by atoms with Crippen LogP contribution in [0.25, 0.3) is 0 Å². The van der Waals surface area contributed by atoms with E-state index >= 15 is 0 Å². The van der Waals surface area contributed by atoms with Gasteiger partial charge in [0, 0.05) is 31.7 Å². The maximum absolute atomic E-state index is 12.8. The van der Waals surface area contributed by atoms with Crippen LogP contribution < -0.4 is 9.47 Å². The zero-order chi connectivity index (χ0) is 22.4. The van der Waals surface area contributed by atoms with Gasteiger partial charge in [-0.25, -0.2) is 0 Å². The third kappa shape index (κ3) is 6.00. The van der Waals surface area contributed by atoms with Crippen molar-refractivity contribution < 1.29 is 19.1 Å². The number of ether oxygens (including phenoxy) is 2. The molecule has 0 atom stereocenters. The largest absolute Gasteiger partial charge is 0.494 e. The van der Waals surface area contributed by atoms with Gasteiger partial charge in [0.05, 0.1) is 6.61 Å². The molecule has 2 amide bonds. The fourth-order valence-corrected chi connectivity index (χ4v) is 3.49. The summed E-state index contributed by atoms with van der Waals surface area (Å²) in [5.41, 5.74) is 1.94. The summed E-state index contributed by atoms with van der Waals surface area (Å²) in [6.45, 7) is 11.0. The Morgan fingerprint density at radius 1 is 0.806 bits per heavy atom. The van der Waals surface area contributed by atoms with Crippen molar-refractivity contribution in [3.8, 4) is 11.5 Å². The molecule has 0 aliphatic carbocycles. The molecule has 0 saturated carbocycles. The smallest absolute Gasteiger partial charge is 0.260 e. The van der Waals surface area contributed by atoms with E-state index in [9.17, 15) is 9.59 Å². The highest BCUT2D eigenvalue weighted by molar-refractivity contribution is 5.94. The molecule has 1 fully saturated rings. The third-order valence-corrected chi connectivity index (χ3v) is 5.41. The first-order chi connectivity index (χ1) is 14.8. The van der Waals surface area contributed by atoms with E-state index in [1.807, 2.05) is 48.2 Å². The topological polar surface area (TPSA) is 59.1 Å². The highest BCUT2D eigenvalue weighted by atomic mass is 16.5. The zero-order valence-corrected chi connectivity index (χ0v) is 18.9. The normalized spacial score (nSPS) is 14.3. The minimum Gasteiger partial charge on any atom is -0.494 e. The molecule has 0 unspecified atom stereocenters. The Labute approximate surface area is 184 Å². The molecule has 166 valence electrons. The third-order valence-electron chi connectivity index (χ3n) is 5.41. The number of carbonyl (C=O) groups excluding carboxylic acids is 2. The Bertz CT molecular complexity index is 877. The molecule has 6 nitrogen and oxygen atoms in total. The molecule has 31 heavy (non-hydrogen) atoms. The first-order valence-corrected chi connectivity index (χ1v) is 10.8. The molecule has 1 heterocycles. The summed E-state index contributed by atoms with van der Waals surface area (Å²) in [5, 5.41) is 0. The quantitative estimate of drug-likeness (QED) is 0.709. The predicted molar refractivity (Wildman–Crippen MR) is 121 cm³/mol. The van der Waals surface area contributed by atoms with E-state index in [0.717, 1.165) is 5.75 Å². The Morgan fingerprint density at radius 2 is 1.32 bits per heavy atom. The van der Waals surface area contributed by atoms with Crippen LogP contribution in [0.1, 0.15) is 43.6 Å². The van der Waals surface area contributed by atoms with Crippen molar-refractivity contribution in [1.29, 1.82) is 0 Å². The lowest BCUT2D eigenvalue weighted by atomic mass is 9.86. The molecule has 1 saturated heterocycles. The van der Waals surface area contributed by atoms with Gasteiger partial charge in [-0.3, -0.25) is 9.59 Å². The van der Waals surface area contributed by atoms with Gasteiger partial charge in [-0.05, 0) is 54.3 Å². The number of hydrogen-bond donors (Lipinski definition) is 0. The van der Waals surface area contributed by atoms with Gasteiger partial charge in [0.15, 0.2) is 6.61 Å². The van der Waals surface area contributed by atoms with Crippen molar-refractivity contribution in [3.05, 3.63) is 59.7 Å². The number of piperazine rings is 1. The van der Waals surface area contributed by atoms with E-state index in [2.05, 4.69) is 20.8 Å². The Balaban J connectivity index is 1.47. The van der Waals surface area contributed by atoms with Crippen LogP contribution in [0.15, 0.2) is 48.5 Å². The second kappa shape index (κ2) is 9.86. The van der Waals surface area contributed by atoms with Crippen LogP contribution in [0, 0.1) is 0 Å². The van der Waals surface area contributed by atoms with E-state index in [1.165, 1.54) is 5.56 Å². The van der Waals surface area contributed by atoms with Crippen molar-refractivity contribution in [2.24, 2.45) is 0 Å². The summed E-state index contributed by atoms with van der Waals surface area (Å²) in [7, 11) is 0. The van der Waals surface area contributed by atoms with E-state index in [0.29, 0.717) is 44.1 Å². The van der Waals surface area contributed by atoms with Crippen LogP contribution in [0.3, 0.4) is 0 Å². The van der Waals surface area contributed by atoms with Gasteiger partial charge in [0.25, 0.3) is 11.8 Å². The van der Waals surface area contributed by atoms with Gasteiger partial charge in [0.1, 0.15) is 11.5 Å². The molecule has 0 bridgehead atoms. The van der Waals surface area contributed by atoms with E-state index in [4.69, 9.17) is 9.47 Å². The van der Waals surface area contributed by atoms with Gasteiger partial charge >= 0.3 is 0 Å². The summed E-state index contributed by atoms with van der Waals surface area (Å²) in [6.07, 6.45) is 0. The van der Waals surface area contributed by atoms with Gasteiger partial charge in [0.2, 0.25) is 0 Å². The SMILES string of the molecule is CCOc1ccc(OCC(=O)N2CCN(C(=O)c3ccc(C(C)(C)C)cc3)CC2)cc1. The maximum Gasteiger partial charge on any atom is 0.260 e. The molecule has 0 radical (unpaired) electrons. The zero-order valence-electron chi connectivity index (χ0n) is 18.9. The van der Waals surface area contributed by atoms with Crippen molar-refractivity contribution >= 4 is 11.8 Å². The van der Waals surface area contributed by atoms with Gasteiger partial charge in [-0.1, -0.05) is 32.9 Å². The highest BCUT2D eigenvalue weighted by Gasteiger charge is 2.25. The first-order valence-electron chi connectivity index (χ1n) is 10.8. The molecule has 1 aliphatic heterocycles. The van der Waals surface area contributed by atoms with Crippen molar-refractivity contribution in [2.45, 2.75) is 33.1 Å². The van der Waals surface area contributed by atoms with Crippen molar-refractivity contribution in [2.75, 3.05) is 39.4 Å². The summed E-state index contributed by atoms with van der Waals surface area (Å²) < 4.78 is 11.0. The molecule has 3 rings (SSSR count). The number of rotatable bonds is 6. The molecule has 2 aromatic rings. The van der Waals surface area contributed by atoms with Gasteiger partial charge in [-0.2, -0.15) is 0 Å². The van der Waals surface area contributed by atoms with Crippen LogP contribution in [0.5, 0.6) is 11.5 Å². The molecule has 2 aromatic carbocycles. The fourth-order valence-electron chi connectivity index (χ4n) is 3.49. The average molecular weight is 425 g/mol. The van der Waals surface area contributed by atoms with Crippen LogP contribution in [0.4, 0.5) is 0 Å². The standard InChI is InChI=1S/C25H32N2O4/c1-5-30-21-10-12-22(13-11-21)31-18-23(28)26-14-16-27(17-15-26)24(29)19-6-8-20(9-7-19)25(2,3)4/h6-13H,5,14-18H2,1-4H3. The molecule has 6 heteroatoms. The van der Waals surface area contributed by atoms with Crippen molar-refractivity contribution in [1.82, 2.24) is 9.80 Å². The second-order valence-corrected chi connectivity index (χ2v) is 8.69.